The Morgan fingerprint density at radius 2 is 1.80 bits per heavy atom. The number of piperidine rings is 1. The Bertz CT molecular complexity index is 403. The van der Waals surface area contributed by atoms with Crippen molar-refractivity contribution in [2.45, 2.75) is 57.2 Å². The molecule has 2 heteroatoms. The average Bonchev–Trinajstić information content (AvgIpc) is 2.71. The van der Waals surface area contributed by atoms with Crippen LogP contribution >= 0.6 is 0 Å². The highest BCUT2D eigenvalue weighted by atomic mass is 15.2. The standard InChI is InChI=1S/C18H28N2/c1-3-18(15-7-5-4-6-8-15)19-13-14-11-16-9-10-17(12-14)20(16)2/h4-8,14,16-19H,3,9-13H2,1-2H3. The van der Waals surface area contributed by atoms with Crippen molar-refractivity contribution < 1.29 is 0 Å². The predicted molar refractivity (Wildman–Crippen MR) is 84.8 cm³/mol. The molecule has 110 valence electrons. The van der Waals surface area contributed by atoms with Gasteiger partial charge in [0.1, 0.15) is 0 Å². The van der Waals surface area contributed by atoms with Crippen LogP contribution in [0.5, 0.6) is 0 Å². The highest BCUT2D eigenvalue weighted by Gasteiger charge is 2.38. The molecule has 2 heterocycles. The summed E-state index contributed by atoms with van der Waals surface area (Å²) < 4.78 is 0. The fraction of sp³-hybridized carbons (Fsp3) is 0.667. The SMILES string of the molecule is CCC(NCC1CC2CCC(C1)N2C)c1ccccc1. The quantitative estimate of drug-likeness (QED) is 0.881. The highest BCUT2D eigenvalue weighted by Crippen LogP contribution is 2.37. The zero-order valence-electron chi connectivity index (χ0n) is 12.9. The molecule has 1 N–H and O–H groups in total. The minimum Gasteiger partial charge on any atom is -0.310 e. The molecule has 0 amide bonds. The molecule has 3 unspecified atom stereocenters. The second kappa shape index (κ2) is 6.28. The Hall–Kier alpha value is -0.860. The van der Waals surface area contributed by atoms with Crippen LogP contribution in [-0.2, 0) is 0 Å². The lowest BCUT2D eigenvalue weighted by molar-refractivity contribution is 0.131. The molecular formula is C18H28N2. The van der Waals surface area contributed by atoms with Crippen molar-refractivity contribution in [3.05, 3.63) is 35.9 Å². The molecule has 0 spiro atoms. The number of rotatable bonds is 5. The van der Waals surface area contributed by atoms with Crippen LogP contribution in [0, 0.1) is 5.92 Å². The van der Waals surface area contributed by atoms with Gasteiger partial charge in [-0.25, -0.2) is 0 Å². The molecule has 1 aromatic rings. The number of hydrogen-bond acceptors (Lipinski definition) is 2. The van der Waals surface area contributed by atoms with Gasteiger partial charge in [-0.15, -0.1) is 0 Å². The monoisotopic (exact) mass is 272 g/mol. The number of nitrogens with zero attached hydrogens (tertiary/aromatic N) is 1. The minimum absolute atomic E-state index is 0.522. The van der Waals surface area contributed by atoms with E-state index in [9.17, 15) is 0 Å². The molecule has 2 bridgehead atoms. The fourth-order valence-corrected chi connectivity index (χ4v) is 4.18. The van der Waals surface area contributed by atoms with Crippen LogP contribution in [0.1, 0.15) is 50.6 Å². The maximum absolute atomic E-state index is 3.82. The zero-order chi connectivity index (χ0) is 13.9. The molecule has 0 saturated carbocycles. The van der Waals surface area contributed by atoms with Gasteiger partial charge in [-0.3, -0.25) is 0 Å². The van der Waals surface area contributed by atoms with Gasteiger partial charge in [-0.2, -0.15) is 0 Å². The van der Waals surface area contributed by atoms with E-state index in [0.29, 0.717) is 6.04 Å². The van der Waals surface area contributed by atoms with Gasteiger partial charge in [0.15, 0.2) is 0 Å². The first-order chi connectivity index (χ1) is 9.78. The Labute approximate surface area is 123 Å². The summed E-state index contributed by atoms with van der Waals surface area (Å²) in [5.41, 5.74) is 1.44. The Kier molecular flexibility index (Phi) is 4.42. The van der Waals surface area contributed by atoms with Crippen LogP contribution < -0.4 is 5.32 Å². The van der Waals surface area contributed by atoms with Gasteiger partial charge in [0, 0.05) is 18.1 Å². The lowest BCUT2D eigenvalue weighted by atomic mass is 9.90. The van der Waals surface area contributed by atoms with Crippen molar-refractivity contribution in [2.75, 3.05) is 13.6 Å². The van der Waals surface area contributed by atoms with E-state index in [1.165, 1.54) is 44.2 Å². The van der Waals surface area contributed by atoms with E-state index in [-0.39, 0.29) is 0 Å². The van der Waals surface area contributed by atoms with E-state index in [2.05, 4.69) is 54.5 Å². The maximum Gasteiger partial charge on any atom is 0.0317 e. The third kappa shape index (κ3) is 2.91. The smallest absolute Gasteiger partial charge is 0.0317 e. The zero-order valence-corrected chi connectivity index (χ0v) is 12.9. The van der Waals surface area contributed by atoms with Crippen molar-refractivity contribution in [1.82, 2.24) is 10.2 Å². The van der Waals surface area contributed by atoms with Crippen LogP contribution in [0.25, 0.3) is 0 Å². The lowest BCUT2D eigenvalue weighted by Crippen LogP contribution is -2.42. The average molecular weight is 272 g/mol. The third-order valence-electron chi connectivity index (χ3n) is 5.46. The Morgan fingerprint density at radius 3 is 2.40 bits per heavy atom. The van der Waals surface area contributed by atoms with Gasteiger partial charge >= 0.3 is 0 Å². The Balaban J connectivity index is 1.54. The molecule has 1 aromatic carbocycles. The van der Waals surface area contributed by atoms with Crippen molar-refractivity contribution in [1.29, 1.82) is 0 Å². The fourth-order valence-electron chi connectivity index (χ4n) is 4.18. The molecule has 2 aliphatic heterocycles. The summed E-state index contributed by atoms with van der Waals surface area (Å²) in [7, 11) is 2.32. The summed E-state index contributed by atoms with van der Waals surface area (Å²) in [5.74, 6) is 0.876. The van der Waals surface area contributed by atoms with E-state index >= 15 is 0 Å². The second-order valence-corrected chi connectivity index (χ2v) is 6.67. The summed E-state index contributed by atoms with van der Waals surface area (Å²) in [6.45, 7) is 3.47. The number of hydrogen-bond donors (Lipinski definition) is 1. The van der Waals surface area contributed by atoms with Gasteiger partial charge in [0.25, 0.3) is 0 Å². The Morgan fingerprint density at radius 1 is 1.15 bits per heavy atom. The molecule has 20 heavy (non-hydrogen) atoms. The van der Waals surface area contributed by atoms with Crippen molar-refractivity contribution in [3.8, 4) is 0 Å². The van der Waals surface area contributed by atoms with E-state index in [1.807, 2.05) is 0 Å². The molecule has 3 atom stereocenters. The molecule has 3 rings (SSSR count). The van der Waals surface area contributed by atoms with E-state index < -0.39 is 0 Å². The third-order valence-corrected chi connectivity index (χ3v) is 5.46. The first-order valence-corrected chi connectivity index (χ1v) is 8.28. The molecule has 2 fully saturated rings. The largest absolute Gasteiger partial charge is 0.310 e. The lowest BCUT2D eigenvalue weighted by Gasteiger charge is -2.37. The summed E-state index contributed by atoms with van der Waals surface area (Å²) in [6, 6.07) is 13.1. The van der Waals surface area contributed by atoms with Crippen LogP contribution in [-0.4, -0.2) is 30.6 Å². The van der Waals surface area contributed by atoms with Crippen molar-refractivity contribution >= 4 is 0 Å². The summed E-state index contributed by atoms with van der Waals surface area (Å²) in [5, 5.41) is 3.82. The first-order valence-electron chi connectivity index (χ1n) is 8.28. The van der Waals surface area contributed by atoms with E-state index in [0.717, 1.165) is 18.0 Å². The van der Waals surface area contributed by atoms with E-state index in [1.54, 1.807) is 0 Å². The molecule has 2 nitrogen and oxygen atoms in total. The molecule has 2 aliphatic rings. The van der Waals surface area contributed by atoms with Crippen LogP contribution in [0.15, 0.2) is 30.3 Å². The van der Waals surface area contributed by atoms with Crippen LogP contribution in [0.4, 0.5) is 0 Å². The topological polar surface area (TPSA) is 15.3 Å². The normalized spacial score (nSPS) is 31.4. The van der Waals surface area contributed by atoms with Gasteiger partial charge < -0.3 is 10.2 Å². The maximum atomic E-state index is 3.82. The first kappa shape index (κ1) is 14.1. The van der Waals surface area contributed by atoms with Gasteiger partial charge in [0.2, 0.25) is 0 Å². The molecular weight excluding hydrogens is 244 g/mol. The number of benzene rings is 1. The van der Waals surface area contributed by atoms with E-state index in [4.69, 9.17) is 0 Å². The van der Waals surface area contributed by atoms with Gasteiger partial charge in [-0.05, 0) is 57.2 Å². The van der Waals surface area contributed by atoms with Gasteiger partial charge in [0.05, 0.1) is 0 Å². The minimum atomic E-state index is 0.522. The highest BCUT2D eigenvalue weighted by molar-refractivity contribution is 5.18. The second-order valence-electron chi connectivity index (χ2n) is 6.67. The van der Waals surface area contributed by atoms with Crippen LogP contribution in [0.3, 0.4) is 0 Å². The number of fused-ring (bicyclic) bond motifs is 2. The van der Waals surface area contributed by atoms with Crippen molar-refractivity contribution in [2.24, 2.45) is 5.92 Å². The number of nitrogens with one attached hydrogen (secondary N) is 1. The van der Waals surface area contributed by atoms with Crippen molar-refractivity contribution in [3.63, 3.8) is 0 Å². The summed E-state index contributed by atoms with van der Waals surface area (Å²) in [6.07, 6.45) is 6.81. The summed E-state index contributed by atoms with van der Waals surface area (Å²) >= 11 is 0. The molecule has 2 saturated heterocycles. The van der Waals surface area contributed by atoms with Crippen LogP contribution in [0.2, 0.25) is 0 Å². The predicted octanol–water partition coefficient (Wildman–Crippen LogP) is 3.60. The molecule has 0 aliphatic carbocycles. The molecule has 0 radical (unpaired) electrons. The summed E-state index contributed by atoms with van der Waals surface area (Å²) in [4.78, 5) is 2.63. The molecule has 0 aromatic heterocycles. The van der Waals surface area contributed by atoms with Gasteiger partial charge in [-0.1, -0.05) is 37.3 Å².